The maximum absolute atomic E-state index is 12.1. The second-order valence-corrected chi connectivity index (χ2v) is 6.53. The van der Waals surface area contributed by atoms with E-state index in [9.17, 15) is 9.59 Å². The zero-order valence-corrected chi connectivity index (χ0v) is 12.6. The summed E-state index contributed by atoms with van der Waals surface area (Å²) < 4.78 is 5.23. The van der Waals surface area contributed by atoms with Crippen LogP contribution in [0, 0.1) is 12.3 Å². The number of ether oxygens (including phenoxy) is 1. The lowest BCUT2D eigenvalue weighted by Crippen LogP contribution is -2.35. The zero-order valence-electron chi connectivity index (χ0n) is 12.6. The van der Waals surface area contributed by atoms with Crippen LogP contribution in [0.15, 0.2) is 24.3 Å². The van der Waals surface area contributed by atoms with E-state index in [1.807, 2.05) is 26.1 Å². The highest BCUT2D eigenvalue weighted by Gasteiger charge is 2.53. The summed E-state index contributed by atoms with van der Waals surface area (Å²) in [6, 6.07) is 7.13. The van der Waals surface area contributed by atoms with E-state index in [4.69, 9.17) is 4.74 Å². The molecule has 3 rings (SSSR count). The van der Waals surface area contributed by atoms with Crippen LogP contribution in [-0.2, 0) is 9.53 Å². The summed E-state index contributed by atoms with van der Waals surface area (Å²) in [6.07, 6.45) is 3.30. The molecule has 1 aliphatic heterocycles. The molecule has 0 unspecified atom stereocenters. The van der Waals surface area contributed by atoms with Crippen molar-refractivity contribution >= 4 is 11.8 Å². The number of nitrogens with zero attached hydrogens (tertiary/aromatic N) is 1. The van der Waals surface area contributed by atoms with Crippen molar-refractivity contribution in [3.8, 4) is 0 Å². The molecular formula is C17H21NO3. The molecular weight excluding hydrogens is 266 g/mol. The molecule has 4 nitrogen and oxygen atoms in total. The Labute approximate surface area is 125 Å². The maximum atomic E-state index is 12.1. The Balaban J connectivity index is 1.54. The van der Waals surface area contributed by atoms with Crippen LogP contribution in [-0.4, -0.2) is 42.9 Å². The summed E-state index contributed by atoms with van der Waals surface area (Å²) in [5, 5.41) is 0. The second-order valence-electron chi connectivity index (χ2n) is 6.53. The normalized spacial score (nSPS) is 23.2. The number of likely N-dealkylation sites (tertiary alicyclic amines) is 1. The predicted molar refractivity (Wildman–Crippen MR) is 79.2 cm³/mol. The van der Waals surface area contributed by atoms with Gasteiger partial charge in [0.05, 0.1) is 0 Å². The Morgan fingerprint density at radius 1 is 1.29 bits per heavy atom. The number of aryl methyl sites for hydroxylation is 1. The van der Waals surface area contributed by atoms with E-state index in [0.717, 1.165) is 18.5 Å². The minimum Gasteiger partial charge on any atom is -0.456 e. The van der Waals surface area contributed by atoms with Crippen LogP contribution in [0.4, 0.5) is 0 Å². The van der Waals surface area contributed by atoms with Gasteiger partial charge < -0.3 is 4.74 Å². The number of carbonyl (C=O) groups excluding carboxylic acids is 2. The molecule has 0 radical (unpaired) electrons. The van der Waals surface area contributed by atoms with Crippen LogP contribution in [0.3, 0.4) is 0 Å². The summed E-state index contributed by atoms with van der Waals surface area (Å²) in [6.45, 7) is 2.77. The third-order valence-corrected chi connectivity index (χ3v) is 4.69. The number of hydrogen-bond acceptors (Lipinski definition) is 4. The number of carbonyl (C=O) groups is 2. The zero-order chi connectivity index (χ0) is 15.0. The Morgan fingerprint density at radius 3 is 2.52 bits per heavy atom. The van der Waals surface area contributed by atoms with Gasteiger partial charge in [-0.1, -0.05) is 29.8 Å². The SMILES string of the molecule is Cc1ccc(C(=O)COC(=O)[C@@H]2CC3(CC3)CN2C)cc1. The first-order valence-electron chi connectivity index (χ1n) is 7.46. The van der Waals surface area contributed by atoms with Gasteiger partial charge in [0, 0.05) is 12.1 Å². The Hall–Kier alpha value is -1.68. The molecule has 1 saturated carbocycles. The van der Waals surface area contributed by atoms with Gasteiger partial charge in [-0.15, -0.1) is 0 Å². The average molecular weight is 287 g/mol. The van der Waals surface area contributed by atoms with Gasteiger partial charge in [-0.05, 0) is 38.6 Å². The standard InChI is InChI=1S/C17H21NO3/c1-12-3-5-13(6-4-12)15(19)10-21-16(20)14-9-17(7-8-17)11-18(14)2/h3-6,14H,7-11H2,1-2H3/t14-/m0/s1. The highest BCUT2D eigenvalue weighted by Crippen LogP contribution is 2.54. The smallest absolute Gasteiger partial charge is 0.323 e. The molecule has 1 aromatic carbocycles. The lowest BCUT2D eigenvalue weighted by molar-refractivity contribution is -0.147. The first-order valence-corrected chi connectivity index (χ1v) is 7.46. The molecule has 0 N–H and O–H groups in total. The number of hydrogen-bond donors (Lipinski definition) is 0. The van der Waals surface area contributed by atoms with Gasteiger partial charge in [0.25, 0.3) is 0 Å². The summed E-state index contributed by atoms with van der Waals surface area (Å²) >= 11 is 0. The minimum atomic E-state index is -0.262. The third-order valence-electron chi connectivity index (χ3n) is 4.69. The van der Waals surface area contributed by atoms with E-state index in [1.54, 1.807) is 12.1 Å². The fourth-order valence-corrected chi connectivity index (χ4v) is 3.13. The van der Waals surface area contributed by atoms with Gasteiger partial charge in [-0.2, -0.15) is 0 Å². The molecule has 1 spiro atoms. The van der Waals surface area contributed by atoms with Crippen molar-refractivity contribution < 1.29 is 14.3 Å². The van der Waals surface area contributed by atoms with Gasteiger partial charge >= 0.3 is 5.97 Å². The molecule has 2 fully saturated rings. The van der Waals surface area contributed by atoms with Crippen molar-refractivity contribution in [3.05, 3.63) is 35.4 Å². The first-order chi connectivity index (χ1) is 9.99. The molecule has 0 amide bonds. The Morgan fingerprint density at radius 2 is 1.95 bits per heavy atom. The average Bonchev–Trinajstić information content (AvgIpc) is 3.13. The molecule has 1 aliphatic carbocycles. The summed E-state index contributed by atoms with van der Waals surface area (Å²) in [5.41, 5.74) is 2.05. The quantitative estimate of drug-likeness (QED) is 0.629. The maximum Gasteiger partial charge on any atom is 0.323 e. The van der Waals surface area contributed by atoms with Crippen molar-refractivity contribution in [1.29, 1.82) is 0 Å². The van der Waals surface area contributed by atoms with Crippen LogP contribution < -0.4 is 0 Å². The van der Waals surface area contributed by atoms with Gasteiger partial charge in [-0.3, -0.25) is 14.5 Å². The molecule has 1 aromatic rings. The van der Waals surface area contributed by atoms with Crippen LogP contribution in [0.5, 0.6) is 0 Å². The fraction of sp³-hybridized carbons (Fsp3) is 0.529. The van der Waals surface area contributed by atoms with E-state index in [0.29, 0.717) is 11.0 Å². The van der Waals surface area contributed by atoms with E-state index in [2.05, 4.69) is 4.90 Å². The highest BCUT2D eigenvalue weighted by atomic mass is 16.5. The monoisotopic (exact) mass is 287 g/mol. The van der Waals surface area contributed by atoms with E-state index in [1.165, 1.54) is 12.8 Å². The van der Waals surface area contributed by atoms with Crippen molar-refractivity contribution in [2.24, 2.45) is 5.41 Å². The molecule has 0 bridgehead atoms. The highest BCUT2D eigenvalue weighted by molar-refractivity contribution is 5.98. The third kappa shape index (κ3) is 3.00. The van der Waals surface area contributed by atoms with Crippen LogP contribution in [0.2, 0.25) is 0 Å². The molecule has 112 valence electrons. The van der Waals surface area contributed by atoms with Crippen molar-refractivity contribution in [2.45, 2.75) is 32.2 Å². The lowest BCUT2D eigenvalue weighted by atomic mass is 10.0. The predicted octanol–water partition coefficient (Wildman–Crippen LogP) is 2.21. The number of benzene rings is 1. The Bertz CT molecular complexity index is 560. The Kier molecular flexibility index (Phi) is 3.57. The topological polar surface area (TPSA) is 46.6 Å². The number of Topliss-reactive ketones (excluding diaryl/α,β-unsaturated/α-hetero) is 1. The molecule has 1 saturated heterocycles. The number of rotatable bonds is 4. The molecule has 4 heteroatoms. The lowest BCUT2D eigenvalue weighted by Gasteiger charge is -2.17. The molecule has 0 aromatic heterocycles. The first kappa shape index (κ1) is 14.3. The number of ketones is 1. The molecule has 21 heavy (non-hydrogen) atoms. The van der Waals surface area contributed by atoms with Crippen molar-refractivity contribution in [2.75, 3.05) is 20.2 Å². The van der Waals surface area contributed by atoms with Gasteiger partial charge in [-0.25, -0.2) is 0 Å². The summed E-state index contributed by atoms with van der Waals surface area (Å²) in [7, 11) is 1.96. The van der Waals surface area contributed by atoms with E-state index >= 15 is 0 Å². The van der Waals surface area contributed by atoms with Crippen molar-refractivity contribution in [1.82, 2.24) is 4.90 Å². The number of esters is 1. The minimum absolute atomic E-state index is 0.148. The second kappa shape index (κ2) is 5.26. The fourth-order valence-electron chi connectivity index (χ4n) is 3.13. The number of likely N-dealkylation sites (N-methyl/N-ethyl adjacent to an activating group) is 1. The summed E-state index contributed by atoms with van der Waals surface area (Å²) in [5.74, 6) is -0.410. The van der Waals surface area contributed by atoms with Gasteiger partial charge in [0.15, 0.2) is 12.4 Å². The van der Waals surface area contributed by atoms with Crippen molar-refractivity contribution in [3.63, 3.8) is 0 Å². The van der Waals surface area contributed by atoms with Gasteiger partial charge in [0.1, 0.15) is 6.04 Å². The molecule has 1 atom stereocenters. The van der Waals surface area contributed by atoms with Crippen LogP contribution in [0.1, 0.15) is 35.2 Å². The molecule has 1 heterocycles. The molecule has 2 aliphatic rings. The van der Waals surface area contributed by atoms with E-state index in [-0.39, 0.29) is 24.4 Å². The summed E-state index contributed by atoms with van der Waals surface area (Å²) in [4.78, 5) is 26.2. The van der Waals surface area contributed by atoms with E-state index < -0.39 is 0 Å². The van der Waals surface area contributed by atoms with Crippen LogP contribution in [0.25, 0.3) is 0 Å². The van der Waals surface area contributed by atoms with Crippen LogP contribution >= 0.6 is 0 Å². The van der Waals surface area contributed by atoms with Gasteiger partial charge in [0.2, 0.25) is 0 Å². The largest absolute Gasteiger partial charge is 0.456 e.